The third kappa shape index (κ3) is 6.54. The number of halogens is 6. The number of carbonyl (C=O) groups excluding carboxylic acids is 1. The zero-order valence-corrected chi connectivity index (χ0v) is 18.8. The van der Waals surface area contributed by atoms with E-state index in [1.54, 1.807) is 0 Å². The number of rotatable bonds is 3. The van der Waals surface area contributed by atoms with E-state index in [2.05, 4.69) is 15.1 Å². The Morgan fingerprint density at radius 2 is 1.47 bits per heavy atom. The summed E-state index contributed by atoms with van der Waals surface area (Å²) in [4.78, 5) is 27.0. The van der Waals surface area contributed by atoms with Crippen LogP contribution < -0.4 is 5.32 Å². The first kappa shape index (κ1) is 27.0. The molecule has 1 atom stereocenters. The van der Waals surface area contributed by atoms with Crippen LogP contribution in [0.15, 0.2) is 0 Å². The Balaban J connectivity index is 0.000000232. The van der Waals surface area contributed by atoms with Crippen LogP contribution in [0.25, 0.3) is 0 Å². The fourth-order valence-electron chi connectivity index (χ4n) is 5.21. The third-order valence-corrected chi connectivity index (χ3v) is 7.32. The van der Waals surface area contributed by atoms with E-state index in [1.165, 1.54) is 38.8 Å². The van der Waals surface area contributed by atoms with E-state index >= 15 is 0 Å². The number of carboxylic acid groups (broad SMARTS) is 1. The van der Waals surface area contributed by atoms with Crippen molar-refractivity contribution >= 4 is 11.9 Å². The number of alkyl halides is 6. The molecule has 4 fully saturated rings. The van der Waals surface area contributed by atoms with Crippen molar-refractivity contribution in [2.45, 2.75) is 50.5 Å². The molecular weight excluding hydrogens is 472 g/mol. The van der Waals surface area contributed by atoms with Gasteiger partial charge in [-0.15, -0.1) is 0 Å². The lowest BCUT2D eigenvalue weighted by molar-refractivity contribution is -0.280. The molecule has 0 bridgehead atoms. The topological polar surface area (TPSA) is 82.1 Å². The number of aliphatic carboxylic acids is 1. The van der Waals surface area contributed by atoms with E-state index in [1.807, 2.05) is 0 Å². The second-order valence-electron chi connectivity index (χ2n) is 9.43. The normalized spacial score (nSPS) is 26.2. The number of nitrogens with one attached hydrogen (secondary N) is 1. The highest BCUT2D eigenvalue weighted by Crippen LogP contribution is 2.60. The molecule has 1 saturated carbocycles. The Bertz CT molecular complexity index is 698. The van der Waals surface area contributed by atoms with E-state index < -0.39 is 24.2 Å². The van der Waals surface area contributed by atoms with Crippen LogP contribution in [0.3, 0.4) is 0 Å². The van der Waals surface area contributed by atoms with Crippen molar-refractivity contribution < 1.29 is 45.8 Å². The lowest BCUT2D eigenvalue weighted by atomic mass is 9.89. The predicted molar refractivity (Wildman–Crippen MR) is 108 cm³/mol. The molecule has 7 nitrogen and oxygen atoms in total. The van der Waals surface area contributed by atoms with Gasteiger partial charge in [0.25, 0.3) is 0 Å². The van der Waals surface area contributed by atoms with Gasteiger partial charge in [0.1, 0.15) is 0 Å². The minimum atomic E-state index is -5.80. The Hall–Kier alpha value is -1.60. The zero-order chi connectivity index (χ0) is 25.1. The standard InChI is InChI=1S/C17H29N3O2.C4H2F6O2/c21-16(20-9-5-18-6-10-20)15-13-17(15)3-7-19(8-4-17)14-1-11-22-12-2-14;5-3(6,7)1(2(11)12)4(8,9)10/h14-15,18H,1-13H2;1H,(H,11,12). The number of ether oxygens (including phenoxy) is 1. The monoisotopic (exact) mass is 503 g/mol. The summed E-state index contributed by atoms with van der Waals surface area (Å²) in [5.41, 5.74) is 0.365. The summed E-state index contributed by atoms with van der Waals surface area (Å²) in [5, 5.41) is 10.9. The number of likely N-dealkylation sites (tertiary alicyclic amines) is 1. The van der Waals surface area contributed by atoms with Crippen molar-refractivity contribution in [3.8, 4) is 0 Å². The molecule has 1 unspecified atom stereocenters. The van der Waals surface area contributed by atoms with Gasteiger partial charge in [-0.2, -0.15) is 26.3 Å². The SMILES string of the molecule is O=C(C1CC12CCN(C1CCOCC1)CC2)N1CCNCC1.O=C(O)C(C(F)(F)F)C(F)(F)F. The molecule has 196 valence electrons. The zero-order valence-electron chi connectivity index (χ0n) is 18.8. The van der Waals surface area contributed by atoms with Gasteiger partial charge >= 0.3 is 18.3 Å². The average molecular weight is 503 g/mol. The molecule has 34 heavy (non-hydrogen) atoms. The van der Waals surface area contributed by atoms with E-state index in [0.29, 0.717) is 17.2 Å². The maximum Gasteiger partial charge on any atom is 0.411 e. The predicted octanol–water partition coefficient (Wildman–Crippen LogP) is 2.51. The third-order valence-electron chi connectivity index (χ3n) is 7.32. The van der Waals surface area contributed by atoms with Crippen LogP contribution in [-0.2, 0) is 14.3 Å². The summed E-state index contributed by atoms with van der Waals surface area (Å²) < 4.78 is 73.7. The van der Waals surface area contributed by atoms with Gasteiger partial charge in [-0.3, -0.25) is 9.59 Å². The van der Waals surface area contributed by atoms with Gasteiger partial charge in [-0.25, -0.2) is 0 Å². The van der Waals surface area contributed by atoms with Crippen LogP contribution in [0, 0.1) is 17.3 Å². The Labute approximate surface area is 193 Å². The van der Waals surface area contributed by atoms with Crippen molar-refractivity contribution in [1.29, 1.82) is 0 Å². The molecule has 1 aliphatic carbocycles. The van der Waals surface area contributed by atoms with Crippen LogP contribution in [-0.4, -0.2) is 97.7 Å². The van der Waals surface area contributed by atoms with E-state index in [-0.39, 0.29) is 0 Å². The van der Waals surface area contributed by atoms with Crippen LogP contribution >= 0.6 is 0 Å². The summed E-state index contributed by atoms with van der Waals surface area (Å²) in [7, 11) is 0. The van der Waals surface area contributed by atoms with Crippen molar-refractivity contribution in [3.05, 3.63) is 0 Å². The van der Waals surface area contributed by atoms with E-state index in [0.717, 1.165) is 51.9 Å². The molecule has 0 aromatic heterocycles. The van der Waals surface area contributed by atoms with Gasteiger partial charge in [0, 0.05) is 51.4 Å². The highest BCUT2D eigenvalue weighted by molar-refractivity contribution is 5.83. The van der Waals surface area contributed by atoms with Crippen molar-refractivity contribution in [2.24, 2.45) is 17.3 Å². The fraction of sp³-hybridized carbons (Fsp3) is 0.905. The van der Waals surface area contributed by atoms with Gasteiger partial charge in [-0.1, -0.05) is 0 Å². The largest absolute Gasteiger partial charge is 0.481 e. The first-order valence-electron chi connectivity index (χ1n) is 11.5. The highest BCUT2D eigenvalue weighted by Gasteiger charge is 2.61. The van der Waals surface area contributed by atoms with Crippen molar-refractivity contribution in [2.75, 3.05) is 52.5 Å². The van der Waals surface area contributed by atoms with Crippen LogP contribution in [0.2, 0.25) is 0 Å². The molecule has 1 amide bonds. The quantitative estimate of drug-likeness (QED) is 0.577. The second kappa shape index (κ2) is 10.6. The number of carbonyl (C=O) groups is 2. The molecule has 0 aromatic carbocycles. The van der Waals surface area contributed by atoms with Gasteiger partial charge in [0.15, 0.2) is 0 Å². The number of nitrogens with zero attached hydrogens (tertiary/aromatic N) is 2. The molecule has 2 N–H and O–H groups in total. The second-order valence-corrected chi connectivity index (χ2v) is 9.43. The van der Waals surface area contributed by atoms with Crippen molar-refractivity contribution in [3.63, 3.8) is 0 Å². The Kier molecular flexibility index (Phi) is 8.39. The molecule has 3 saturated heterocycles. The maximum atomic E-state index is 12.7. The fourth-order valence-corrected chi connectivity index (χ4v) is 5.21. The smallest absolute Gasteiger partial charge is 0.411 e. The summed E-state index contributed by atoms with van der Waals surface area (Å²) in [6.45, 7) is 7.96. The molecular formula is C21H31F6N3O4. The molecule has 13 heteroatoms. The number of piperidine rings is 1. The lowest BCUT2D eigenvalue weighted by Crippen LogP contribution is -2.48. The number of amides is 1. The number of hydrogen-bond acceptors (Lipinski definition) is 5. The Morgan fingerprint density at radius 3 is 1.91 bits per heavy atom. The van der Waals surface area contributed by atoms with E-state index in [4.69, 9.17) is 9.84 Å². The first-order chi connectivity index (χ1) is 15.8. The summed E-state index contributed by atoms with van der Waals surface area (Å²) in [6.07, 6.45) is -5.61. The minimum absolute atomic E-state index is 0.336. The molecule has 1 spiro atoms. The minimum Gasteiger partial charge on any atom is -0.481 e. The van der Waals surface area contributed by atoms with Gasteiger partial charge in [0.05, 0.1) is 0 Å². The maximum absolute atomic E-state index is 12.7. The summed E-state index contributed by atoms with van der Waals surface area (Å²) in [6, 6.07) is 0.729. The molecule has 0 aromatic rings. The highest BCUT2D eigenvalue weighted by atomic mass is 19.4. The molecule has 4 rings (SSSR count). The lowest BCUT2D eigenvalue weighted by Gasteiger charge is -2.40. The number of carboxylic acids is 1. The number of piperazine rings is 1. The molecule has 3 aliphatic heterocycles. The van der Waals surface area contributed by atoms with Crippen LogP contribution in [0.4, 0.5) is 26.3 Å². The van der Waals surface area contributed by atoms with Gasteiger partial charge in [-0.05, 0) is 50.6 Å². The molecule has 4 aliphatic rings. The average Bonchev–Trinajstić information content (AvgIpc) is 3.46. The first-order valence-corrected chi connectivity index (χ1v) is 11.5. The van der Waals surface area contributed by atoms with Gasteiger partial charge in [0.2, 0.25) is 11.8 Å². The Morgan fingerprint density at radius 1 is 0.941 bits per heavy atom. The van der Waals surface area contributed by atoms with Crippen LogP contribution in [0.5, 0.6) is 0 Å². The van der Waals surface area contributed by atoms with Gasteiger partial charge < -0.3 is 25.0 Å². The molecule has 3 heterocycles. The van der Waals surface area contributed by atoms with Crippen molar-refractivity contribution in [1.82, 2.24) is 15.1 Å². The van der Waals surface area contributed by atoms with E-state index in [9.17, 15) is 35.9 Å². The number of hydrogen-bond donors (Lipinski definition) is 2. The summed E-state index contributed by atoms with van der Waals surface area (Å²) in [5.74, 6) is -6.47. The summed E-state index contributed by atoms with van der Waals surface area (Å²) >= 11 is 0. The molecule has 0 radical (unpaired) electrons. The van der Waals surface area contributed by atoms with Crippen LogP contribution in [0.1, 0.15) is 32.1 Å².